The molecule has 10 heteroatoms. The van der Waals surface area contributed by atoms with Crippen LogP contribution in [-0.2, 0) is 22.3 Å². The average Bonchev–Trinajstić information content (AvgIpc) is 2.97. The summed E-state index contributed by atoms with van der Waals surface area (Å²) >= 11 is 13.1. The standard InChI is InChI=1S/C14H18Cl2F3N3OS/c1-12(2,3)22-11(16)8(10(20-22)14(17,18)19)6-24-9-5-13(4,7-15)23-21-9/h5,21H,6-7H2,1-4H3. The Balaban J connectivity index is 2.30. The molecule has 0 spiro atoms. The summed E-state index contributed by atoms with van der Waals surface area (Å²) in [4.78, 5) is 5.31. The van der Waals surface area contributed by atoms with Crippen molar-refractivity contribution < 1.29 is 18.0 Å². The fourth-order valence-corrected chi connectivity index (χ4v) is 3.69. The van der Waals surface area contributed by atoms with E-state index >= 15 is 0 Å². The minimum atomic E-state index is -4.57. The number of hydrogen-bond donors (Lipinski definition) is 1. The van der Waals surface area contributed by atoms with Gasteiger partial charge in [-0.05, 0) is 33.8 Å². The highest BCUT2D eigenvalue weighted by molar-refractivity contribution is 8.02. The zero-order valence-corrected chi connectivity index (χ0v) is 15.9. The Morgan fingerprint density at radius 3 is 2.46 bits per heavy atom. The van der Waals surface area contributed by atoms with Gasteiger partial charge >= 0.3 is 6.18 Å². The largest absolute Gasteiger partial charge is 0.435 e. The van der Waals surface area contributed by atoms with Crippen molar-refractivity contribution in [1.29, 1.82) is 0 Å². The Labute approximate surface area is 152 Å². The predicted octanol–water partition coefficient (Wildman–Crippen LogP) is 4.92. The summed E-state index contributed by atoms with van der Waals surface area (Å²) in [7, 11) is 0. The summed E-state index contributed by atoms with van der Waals surface area (Å²) in [6, 6.07) is 0. The van der Waals surface area contributed by atoms with E-state index in [0.29, 0.717) is 5.03 Å². The lowest BCUT2D eigenvalue weighted by atomic mass is 10.1. The van der Waals surface area contributed by atoms with Crippen molar-refractivity contribution in [2.75, 3.05) is 5.88 Å². The van der Waals surface area contributed by atoms with Crippen molar-refractivity contribution in [1.82, 2.24) is 15.3 Å². The number of aromatic nitrogens is 2. The fraction of sp³-hybridized carbons (Fsp3) is 0.643. The van der Waals surface area contributed by atoms with E-state index < -0.39 is 23.0 Å². The molecule has 0 aromatic carbocycles. The van der Waals surface area contributed by atoms with E-state index in [2.05, 4.69) is 10.6 Å². The van der Waals surface area contributed by atoms with Crippen LogP contribution in [0.15, 0.2) is 11.1 Å². The summed E-state index contributed by atoms with van der Waals surface area (Å²) < 4.78 is 41.1. The van der Waals surface area contributed by atoms with Crippen molar-refractivity contribution >= 4 is 35.0 Å². The quantitative estimate of drug-likeness (QED) is 0.724. The second-order valence-corrected chi connectivity index (χ2v) is 8.29. The Hall–Kier alpha value is -0.570. The first-order valence-electron chi connectivity index (χ1n) is 7.08. The first-order valence-corrected chi connectivity index (χ1v) is 8.98. The molecule has 24 heavy (non-hydrogen) atoms. The van der Waals surface area contributed by atoms with Crippen molar-refractivity contribution in [2.24, 2.45) is 0 Å². The molecule has 0 saturated carbocycles. The van der Waals surface area contributed by atoms with E-state index in [-0.39, 0.29) is 22.3 Å². The molecule has 0 radical (unpaired) electrons. The molecule has 1 atom stereocenters. The number of nitrogens with one attached hydrogen (secondary N) is 1. The molecule has 1 aliphatic heterocycles. The van der Waals surface area contributed by atoms with Crippen molar-refractivity contribution in [3.05, 3.63) is 27.5 Å². The van der Waals surface area contributed by atoms with Crippen LogP contribution in [0.4, 0.5) is 13.2 Å². The molecule has 4 nitrogen and oxygen atoms in total. The van der Waals surface area contributed by atoms with Crippen LogP contribution in [-0.4, -0.2) is 21.3 Å². The van der Waals surface area contributed by atoms with Gasteiger partial charge in [0.2, 0.25) is 0 Å². The van der Waals surface area contributed by atoms with Gasteiger partial charge in [0.15, 0.2) is 5.69 Å². The maximum Gasteiger partial charge on any atom is 0.435 e. The minimum Gasteiger partial charge on any atom is -0.264 e. The van der Waals surface area contributed by atoms with Crippen molar-refractivity contribution in [3.8, 4) is 0 Å². The lowest BCUT2D eigenvalue weighted by molar-refractivity contribution is -0.142. The van der Waals surface area contributed by atoms with Crippen molar-refractivity contribution in [3.63, 3.8) is 0 Å². The third-order valence-electron chi connectivity index (χ3n) is 3.28. The van der Waals surface area contributed by atoms with Crippen LogP contribution in [0, 0.1) is 0 Å². The normalized spacial score (nSPS) is 21.8. The van der Waals surface area contributed by atoms with Gasteiger partial charge in [0.25, 0.3) is 0 Å². The lowest BCUT2D eigenvalue weighted by Crippen LogP contribution is -2.27. The van der Waals surface area contributed by atoms with Gasteiger partial charge in [-0.25, -0.2) is 4.68 Å². The molecule has 2 rings (SSSR count). The van der Waals surface area contributed by atoms with Crippen LogP contribution in [0.3, 0.4) is 0 Å². The molecule has 0 aliphatic carbocycles. The van der Waals surface area contributed by atoms with Gasteiger partial charge in [-0.2, -0.15) is 18.3 Å². The molecule has 0 fully saturated rings. The maximum absolute atomic E-state index is 13.3. The molecular formula is C14H18Cl2F3N3OS. The first-order chi connectivity index (χ1) is 10.9. The highest BCUT2D eigenvalue weighted by Crippen LogP contribution is 2.39. The van der Waals surface area contributed by atoms with Crippen LogP contribution < -0.4 is 5.48 Å². The van der Waals surface area contributed by atoms with Crippen molar-refractivity contribution in [2.45, 2.75) is 50.8 Å². The molecule has 0 bridgehead atoms. The van der Waals surface area contributed by atoms with E-state index in [1.54, 1.807) is 33.8 Å². The molecule has 1 aromatic heterocycles. The molecule has 1 N–H and O–H groups in total. The molecule has 136 valence electrons. The van der Waals surface area contributed by atoms with Gasteiger partial charge in [0.05, 0.1) is 16.4 Å². The Bertz CT molecular complexity index is 655. The third kappa shape index (κ3) is 4.15. The summed E-state index contributed by atoms with van der Waals surface area (Å²) in [5.74, 6) is 0.227. The van der Waals surface area contributed by atoms with E-state index in [0.717, 1.165) is 11.8 Å². The number of thioether (sulfide) groups is 1. The minimum absolute atomic E-state index is 0.00428. The van der Waals surface area contributed by atoms with Gasteiger partial charge < -0.3 is 0 Å². The zero-order valence-electron chi connectivity index (χ0n) is 13.6. The zero-order chi connectivity index (χ0) is 18.3. The number of rotatable bonds is 4. The summed E-state index contributed by atoms with van der Waals surface area (Å²) in [6.07, 6.45) is -2.84. The van der Waals surface area contributed by atoms with Gasteiger partial charge in [-0.1, -0.05) is 11.6 Å². The van der Waals surface area contributed by atoms with E-state index in [1.807, 2.05) is 0 Å². The van der Waals surface area contributed by atoms with Gasteiger partial charge in [-0.15, -0.1) is 23.4 Å². The van der Waals surface area contributed by atoms with Crippen LogP contribution in [0.5, 0.6) is 0 Å². The SMILES string of the molecule is CC1(CCl)C=C(SCc2c(C(F)(F)F)nn(C(C)(C)C)c2Cl)NO1. The van der Waals surface area contributed by atoms with Crippen LogP contribution in [0.25, 0.3) is 0 Å². The topological polar surface area (TPSA) is 39.1 Å². The average molecular weight is 404 g/mol. The highest BCUT2D eigenvalue weighted by atomic mass is 35.5. The second-order valence-electron chi connectivity index (χ2n) is 6.65. The smallest absolute Gasteiger partial charge is 0.264 e. The molecule has 1 aromatic rings. The molecule has 0 amide bonds. The molecule has 0 saturated heterocycles. The number of halogens is 5. The van der Waals surface area contributed by atoms with Gasteiger partial charge in [0, 0.05) is 11.3 Å². The molecule has 2 heterocycles. The van der Waals surface area contributed by atoms with E-state index in [9.17, 15) is 13.2 Å². The molecule has 1 aliphatic rings. The Kier molecular flexibility index (Phi) is 5.45. The summed E-state index contributed by atoms with van der Waals surface area (Å²) in [6.45, 7) is 6.99. The number of hydrogen-bond acceptors (Lipinski definition) is 4. The fourth-order valence-electron chi connectivity index (χ4n) is 2.02. The number of nitrogens with zero attached hydrogens (tertiary/aromatic N) is 2. The van der Waals surface area contributed by atoms with Crippen LogP contribution >= 0.6 is 35.0 Å². The summed E-state index contributed by atoms with van der Waals surface area (Å²) in [5, 5.41) is 4.27. The Morgan fingerprint density at radius 1 is 1.38 bits per heavy atom. The highest BCUT2D eigenvalue weighted by Gasteiger charge is 2.40. The van der Waals surface area contributed by atoms with E-state index in [4.69, 9.17) is 28.0 Å². The number of hydroxylamine groups is 1. The van der Waals surface area contributed by atoms with Gasteiger partial charge in [-0.3, -0.25) is 10.3 Å². The Morgan fingerprint density at radius 2 is 2.00 bits per heavy atom. The van der Waals surface area contributed by atoms with E-state index in [1.165, 1.54) is 4.68 Å². The first kappa shape index (κ1) is 19.8. The monoisotopic (exact) mass is 403 g/mol. The molecular weight excluding hydrogens is 386 g/mol. The lowest BCUT2D eigenvalue weighted by Gasteiger charge is -2.20. The van der Waals surface area contributed by atoms with Gasteiger partial charge in [0.1, 0.15) is 10.8 Å². The number of alkyl halides is 4. The maximum atomic E-state index is 13.3. The summed E-state index contributed by atoms with van der Waals surface area (Å²) in [5.41, 5.74) is 0.312. The van der Waals surface area contributed by atoms with Crippen LogP contribution in [0.2, 0.25) is 5.15 Å². The predicted molar refractivity (Wildman–Crippen MR) is 90.0 cm³/mol. The molecule has 1 unspecified atom stereocenters. The second kappa shape index (κ2) is 6.63. The third-order valence-corrected chi connectivity index (χ3v) is 5.15. The van der Waals surface area contributed by atoms with Crippen LogP contribution in [0.1, 0.15) is 39.0 Å².